The Kier molecular flexibility index (Phi) is 8.72. The SMILES string of the molecule is COc1ccccc1C(=O)N1CCC[C@@](COc2ccc(Cl)cc2)(CC(=O)N(C)Cc2ccccc2)C1. The highest BCUT2D eigenvalue weighted by Gasteiger charge is 2.41. The Morgan fingerprint density at radius 3 is 2.43 bits per heavy atom. The molecule has 1 aliphatic rings. The van der Waals surface area contributed by atoms with Crippen LogP contribution >= 0.6 is 11.6 Å². The summed E-state index contributed by atoms with van der Waals surface area (Å²) in [6.07, 6.45) is 1.83. The summed E-state index contributed by atoms with van der Waals surface area (Å²) < 4.78 is 11.6. The first kappa shape index (κ1) is 26.6. The van der Waals surface area contributed by atoms with Gasteiger partial charge in [-0.15, -0.1) is 0 Å². The lowest BCUT2D eigenvalue weighted by Crippen LogP contribution is -2.50. The average Bonchev–Trinajstić information content (AvgIpc) is 2.93. The molecule has 1 saturated heterocycles. The topological polar surface area (TPSA) is 59.1 Å². The molecule has 6 nitrogen and oxygen atoms in total. The van der Waals surface area contributed by atoms with Crippen LogP contribution < -0.4 is 9.47 Å². The van der Waals surface area contributed by atoms with Gasteiger partial charge in [0.1, 0.15) is 11.5 Å². The number of likely N-dealkylation sites (tertiary alicyclic amines) is 1. The van der Waals surface area contributed by atoms with Gasteiger partial charge in [0.25, 0.3) is 5.91 Å². The maximum atomic E-state index is 13.5. The van der Waals surface area contributed by atoms with E-state index in [1.54, 1.807) is 36.3 Å². The molecule has 0 N–H and O–H groups in total. The summed E-state index contributed by atoms with van der Waals surface area (Å²) in [5, 5.41) is 0.631. The molecule has 37 heavy (non-hydrogen) atoms. The number of amides is 2. The molecule has 3 aromatic carbocycles. The molecule has 0 aliphatic carbocycles. The maximum Gasteiger partial charge on any atom is 0.257 e. The number of hydrogen-bond acceptors (Lipinski definition) is 4. The molecular weight excluding hydrogens is 488 g/mol. The zero-order valence-electron chi connectivity index (χ0n) is 21.4. The third-order valence-electron chi connectivity index (χ3n) is 6.86. The number of halogens is 1. The molecule has 0 bridgehead atoms. The predicted octanol–water partition coefficient (Wildman–Crippen LogP) is 5.70. The van der Waals surface area contributed by atoms with Gasteiger partial charge in [0.05, 0.1) is 19.3 Å². The van der Waals surface area contributed by atoms with E-state index in [4.69, 9.17) is 21.1 Å². The van der Waals surface area contributed by atoms with Crippen molar-refractivity contribution in [1.29, 1.82) is 0 Å². The van der Waals surface area contributed by atoms with E-state index in [2.05, 4.69) is 0 Å². The second kappa shape index (κ2) is 12.2. The summed E-state index contributed by atoms with van der Waals surface area (Å²) in [7, 11) is 3.39. The molecule has 0 spiro atoms. The van der Waals surface area contributed by atoms with E-state index in [1.165, 1.54) is 0 Å². The van der Waals surface area contributed by atoms with Crippen LogP contribution in [0.2, 0.25) is 5.02 Å². The largest absolute Gasteiger partial charge is 0.496 e. The van der Waals surface area contributed by atoms with Crippen LogP contribution in [0, 0.1) is 5.41 Å². The van der Waals surface area contributed by atoms with Gasteiger partial charge in [0.15, 0.2) is 0 Å². The van der Waals surface area contributed by atoms with Gasteiger partial charge in [0, 0.05) is 43.5 Å². The van der Waals surface area contributed by atoms with Gasteiger partial charge < -0.3 is 19.3 Å². The Morgan fingerprint density at radius 1 is 1.00 bits per heavy atom. The summed E-state index contributed by atoms with van der Waals surface area (Å²) >= 11 is 6.03. The number of nitrogens with zero attached hydrogens (tertiary/aromatic N) is 2. The summed E-state index contributed by atoms with van der Waals surface area (Å²) in [5.41, 5.74) is 1.06. The molecule has 0 saturated carbocycles. The third kappa shape index (κ3) is 6.83. The van der Waals surface area contributed by atoms with Crippen LogP contribution in [0.25, 0.3) is 0 Å². The molecule has 1 atom stereocenters. The van der Waals surface area contributed by atoms with Crippen molar-refractivity contribution in [3.05, 3.63) is 95.0 Å². The van der Waals surface area contributed by atoms with Crippen LogP contribution in [0.5, 0.6) is 11.5 Å². The molecule has 7 heteroatoms. The first-order valence-electron chi connectivity index (χ1n) is 12.5. The molecule has 2 amide bonds. The summed E-state index contributed by atoms with van der Waals surface area (Å²) in [6, 6.07) is 24.4. The first-order valence-corrected chi connectivity index (χ1v) is 12.9. The third-order valence-corrected chi connectivity index (χ3v) is 7.11. The molecule has 1 heterocycles. The van der Waals surface area contributed by atoms with Crippen molar-refractivity contribution in [3.63, 3.8) is 0 Å². The average molecular weight is 521 g/mol. The van der Waals surface area contributed by atoms with Gasteiger partial charge in [-0.2, -0.15) is 0 Å². The van der Waals surface area contributed by atoms with Crippen molar-refractivity contribution < 1.29 is 19.1 Å². The van der Waals surface area contributed by atoms with Gasteiger partial charge >= 0.3 is 0 Å². The highest BCUT2D eigenvalue weighted by molar-refractivity contribution is 6.30. The van der Waals surface area contributed by atoms with Gasteiger partial charge in [-0.1, -0.05) is 54.1 Å². The number of benzene rings is 3. The predicted molar refractivity (Wildman–Crippen MR) is 145 cm³/mol. The summed E-state index contributed by atoms with van der Waals surface area (Å²) in [6.45, 7) is 1.88. The molecule has 4 rings (SSSR count). The summed E-state index contributed by atoms with van der Waals surface area (Å²) in [4.78, 5) is 30.6. The normalized spacial score (nSPS) is 17.2. The second-order valence-corrected chi connectivity index (χ2v) is 10.1. The van der Waals surface area contributed by atoms with Crippen LogP contribution in [-0.4, -0.2) is 55.5 Å². The fraction of sp³-hybridized carbons (Fsp3) is 0.333. The minimum absolute atomic E-state index is 0.0233. The number of carbonyl (C=O) groups excluding carboxylic acids is 2. The maximum absolute atomic E-state index is 13.5. The van der Waals surface area contributed by atoms with Crippen LogP contribution in [0.1, 0.15) is 35.2 Å². The highest BCUT2D eigenvalue weighted by atomic mass is 35.5. The fourth-order valence-corrected chi connectivity index (χ4v) is 4.98. The van der Waals surface area contributed by atoms with Crippen molar-refractivity contribution in [2.24, 2.45) is 5.41 Å². The lowest BCUT2D eigenvalue weighted by atomic mass is 9.77. The van der Waals surface area contributed by atoms with Crippen molar-refractivity contribution in [1.82, 2.24) is 9.80 Å². The van der Waals surface area contributed by atoms with Crippen molar-refractivity contribution >= 4 is 23.4 Å². The molecule has 0 aromatic heterocycles. The smallest absolute Gasteiger partial charge is 0.257 e. The number of methoxy groups -OCH3 is 1. The standard InChI is InChI=1S/C30H33ClN2O4/c1-32(20-23-9-4-3-5-10-23)28(34)19-30(22-37-25-15-13-24(31)14-16-25)17-8-18-33(21-30)29(35)26-11-6-7-12-27(26)36-2/h3-7,9-16H,8,17-22H2,1-2H3/t30-/m1/s1. The Bertz CT molecular complexity index is 1200. The number of hydrogen-bond donors (Lipinski definition) is 0. The zero-order valence-corrected chi connectivity index (χ0v) is 22.1. The van der Waals surface area contributed by atoms with Gasteiger partial charge in [-0.25, -0.2) is 0 Å². The Hall–Kier alpha value is -3.51. The first-order chi connectivity index (χ1) is 17.9. The van der Waals surface area contributed by atoms with E-state index in [-0.39, 0.29) is 18.2 Å². The number of ether oxygens (including phenoxy) is 2. The summed E-state index contributed by atoms with van der Waals surface area (Å²) in [5.74, 6) is 1.15. The van der Waals surface area contributed by atoms with Crippen LogP contribution in [0.15, 0.2) is 78.9 Å². The monoisotopic (exact) mass is 520 g/mol. The van der Waals surface area contributed by atoms with Crippen molar-refractivity contribution in [3.8, 4) is 11.5 Å². The van der Waals surface area contributed by atoms with Crippen LogP contribution in [0.3, 0.4) is 0 Å². The molecule has 3 aromatic rings. The molecule has 194 valence electrons. The molecule has 1 fully saturated rings. The number of rotatable bonds is 9. The Labute approximate surface area is 223 Å². The lowest BCUT2D eigenvalue weighted by molar-refractivity contribution is -0.134. The number of carbonyl (C=O) groups is 2. The van der Waals surface area contributed by atoms with E-state index in [0.29, 0.717) is 48.3 Å². The van der Waals surface area contributed by atoms with Gasteiger partial charge in [-0.05, 0) is 54.8 Å². The van der Waals surface area contributed by atoms with E-state index < -0.39 is 5.41 Å². The quantitative estimate of drug-likeness (QED) is 0.363. The van der Waals surface area contributed by atoms with E-state index >= 15 is 0 Å². The highest BCUT2D eigenvalue weighted by Crippen LogP contribution is 2.36. The van der Waals surface area contributed by atoms with Gasteiger partial charge in [0.2, 0.25) is 5.91 Å². The minimum Gasteiger partial charge on any atom is -0.496 e. The van der Waals surface area contributed by atoms with Crippen molar-refractivity contribution in [2.45, 2.75) is 25.8 Å². The number of piperidine rings is 1. The number of para-hydroxylation sites is 1. The van der Waals surface area contributed by atoms with E-state index in [9.17, 15) is 9.59 Å². The molecule has 0 unspecified atom stereocenters. The van der Waals surface area contributed by atoms with Crippen LogP contribution in [-0.2, 0) is 11.3 Å². The van der Waals surface area contributed by atoms with Gasteiger partial charge in [-0.3, -0.25) is 9.59 Å². The molecule has 1 aliphatic heterocycles. The Morgan fingerprint density at radius 2 is 1.70 bits per heavy atom. The van der Waals surface area contributed by atoms with E-state index in [0.717, 1.165) is 18.4 Å². The molecular formula is C30H33ClN2O4. The van der Waals surface area contributed by atoms with E-state index in [1.807, 2.05) is 66.5 Å². The minimum atomic E-state index is -0.530. The fourth-order valence-electron chi connectivity index (χ4n) is 4.85. The van der Waals surface area contributed by atoms with Crippen molar-refractivity contribution in [2.75, 3.05) is 33.9 Å². The molecule has 0 radical (unpaired) electrons. The Balaban J connectivity index is 1.54. The second-order valence-electron chi connectivity index (χ2n) is 9.69. The zero-order chi connectivity index (χ0) is 26.3. The lowest BCUT2D eigenvalue weighted by Gasteiger charge is -2.43. The van der Waals surface area contributed by atoms with Crippen LogP contribution in [0.4, 0.5) is 0 Å².